The summed E-state index contributed by atoms with van der Waals surface area (Å²) >= 11 is 0. The molecule has 6 nitrogen and oxygen atoms in total. The van der Waals surface area contributed by atoms with Crippen molar-refractivity contribution < 1.29 is 14.6 Å². The number of para-hydroxylation sites is 1. The highest BCUT2D eigenvalue weighted by Gasteiger charge is 2.32. The van der Waals surface area contributed by atoms with Crippen LogP contribution >= 0.6 is 0 Å². The molecule has 6 heteroatoms. The molecule has 1 aromatic heterocycles. The van der Waals surface area contributed by atoms with Crippen LogP contribution in [-0.4, -0.2) is 38.9 Å². The van der Waals surface area contributed by atoms with Gasteiger partial charge in [0.25, 0.3) is 0 Å². The number of fused-ring (bicyclic) bond motifs is 1. The van der Waals surface area contributed by atoms with E-state index < -0.39 is 12.0 Å². The number of hydrogen-bond donors (Lipinski definition) is 1. The van der Waals surface area contributed by atoms with Crippen LogP contribution in [0.25, 0.3) is 0 Å². The number of aromatic nitrogens is 2. The van der Waals surface area contributed by atoms with Crippen LogP contribution in [-0.2, 0) is 18.4 Å². The molecule has 1 aliphatic heterocycles. The van der Waals surface area contributed by atoms with Gasteiger partial charge in [0, 0.05) is 31.4 Å². The van der Waals surface area contributed by atoms with Crippen molar-refractivity contribution in [2.24, 2.45) is 7.05 Å². The van der Waals surface area contributed by atoms with Crippen LogP contribution in [0.2, 0.25) is 0 Å². The van der Waals surface area contributed by atoms with Crippen molar-refractivity contribution in [3.63, 3.8) is 0 Å². The molecule has 0 bridgehead atoms. The molecule has 116 valence electrons. The molecule has 0 fully saturated rings. The molecule has 0 radical (unpaired) electrons. The molecule has 0 amide bonds. The largest absolute Gasteiger partial charge is 0.492 e. The molecule has 0 spiro atoms. The third kappa shape index (κ3) is 2.69. The molecule has 22 heavy (non-hydrogen) atoms. The minimum absolute atomic E-state index is 0.465. The second-order valence-electron chi connectivity index (χ2n) is 5.50. The van der Waals surface area contributed by atoms with Gasteiger partial charge in [0.2, 0.25) is 0 Å². The van der Waals surface area contributed by atoms with Crippen LogP contribution < -0.4 is 4.74 Å². The van der Waals surface area contributed by atoms with Gasteiger partial charge in [0.15, 0.2) is 0 Å². The molecule has 0 aliphatic carbocycles. The van der Waals surface area contributed by atoms with Crippen molar-refractivity contribution in [1.29, 1.82) is 0 Å². The van der Waals surface area contributed by atoms with E-state index >= 15 is 0 Å². The lowest BCUT2D eigenvalue weighted by Crippen LogP contribution is -2.34. The summed E-state index contributed by atoms with van der Waals surface area (Å²) in [5.74, 6) is -0.222. The van der Waals surface area contributed by atoms with E-state index in [0.717, 1.165) is 11.4 Å². The average molecular weight is 301 g/mol. The maximum atomic E-state index is 11.8. The fourth-order valence-electron chi connectivity index (χ4n) is 2.82. The Morgan fingerprint density at radius 1 is 1.45 bits per heavy atom. The van der Waals surface area contributed by atoms with Crippen molar-refractivity contribution in [1.82, 2.24) is 14.7 Å². The predicted octanol–water partition coefficient (Wildman–Crippen LogP) is 1.75. The number of carboxylic acid groups (broad SMARTS) is 1. The third-order valence-electron chi connectivity index (χ3n) is 3.98. The lowest BCUT2D eigenvalue weighted by atomic mass is 10.0. The number of carbonyl (C=O) groups is 1. The normalized spacial score (nSPS) is 18.4. The summed E-state index contributed by atoms with van der Waals surface area (Å²) in [6.07, 6.45) is 0. The topological polar surface area (TPSA) is 67.6 Å². The number of nitrogens with zero attached hydrogens (tertiary/aromatic N) is 3. The van der Waals surface area contributed by atoms with Gasteiger partial charge < -0.3 is 9.84 Å². The highest BCUT2D eigenvalue weighted by molar-refractivity contribution is 5.76. The molecule has 1 N–H and O–H groups in total. The Hall–Kier alpha value is -2.34. The number of rotatable bonds is 3. The second kappa shape index (κ2) is 5.81. The van der Waals surface area contributed by atoms with E-state index in [2.05, 4.69) is 5.10 Å². The summed E-state index contributed by atoms with van der Waals surface area (Å²) in [7, 11) is 1.88. The first-order valence-electron chi connectivity index (χ1n) is 7.24. The van der Waals surface area contributed by atoms with Crippen LogP contribution in [0.1, 0.15) is 23.0 Å². The molecular formula is C16H19N3O3. The number of aryl methyl sites for hydroxylation is 2. The fourth-order valence-corrected chi connectivity index (χ4v) is 2.82. The Kier molecular flexibility index (Phi) is 3.85. The van der Waals surface area contributed by atoms with E-state index in [1.165, 1.54) is 0 Å². The Balaban J connectivity index is 1.94. The fraction of sp³-hybridized carbons (Fsp3) is 0.375. The summed E-state index contributed by atoms with van der Waals surface area (Å²) in [6, 6.07) is 8.59. The van der Waals surface area contributed by atoms with Gasteiger partial charge in [-0.1, -0.05) is 18.2 Å². The number of carboxylic acids is 1. The molecule has 1 unspecified atom stereocenters. The zero-order chi connectivity index (χ0) is 15.7. The van der Waals surface area contributed by atoms with E-state index in [-0.39, 0.29) is 0 Å². The maximum Gasteiger partial charge on any atom is 0.325 e. The molecule has 1 aromatic carbocycles. The molecule has 1 aliphatic rings. The molecule has 2 heterocycles. The zero-order valence-electron chi connectivity index (χ0n) is 12.7. The SMILES string of the molecule is Cc1cc(CN2CCOc3ccccc3C2C(=O)O)nn1C. The van der Waals surface area contributed by atoms with Crippen LogP contribution in [0.4, 0.5) is 0 Å². The van der Waals surface area contributed by atoms with E-state index in [0.29, 0.717) is 31.0 Å². The second-order valence-corrected chi connectivity index (χ2v) is 5.50. The van der Waals surface area contributed by atoms with E-state index in [1.807, 2.05) is 49.2 Å². The number of ether oxygens (including phenoxy) is 1. The average Bonchev–Trinajstić information content (AvgIpc) is 2.69. The first kappa shape index (κ1) is 14.6. The van der Waals surface area contributed by atoms with E-state index in [9.17, 15) is 9.90 Å². The van der Waals surface area contributed by atoms with Crippen molar-refractivity contribution in [3.05, 3.63) is 47.3 Å². The zero-order valence-corrected chi connectivity index (χ0v) is 12.7. The van der Waals surface area contributed by atoms with Gasteiger partial charge in [-0.3, -0.25) is 14.4 Å². The van der Waals surface area contributed by atoms with Gasteiger partial charge in [-0.25, -0.2) is 0 Å². The Labute approximate surface area is 128 Å². The van der Waals surface area contributed by atoms with Crippen LogP contribution in [0.15, 0.2) is 30.3 Å². The van der Waals surface area contributed by atoms with E-state index in [1.54, 1.807) is 4.68 Å². The smallest absolute Gasteiger partial charge is 0.325 e. The quantitative estimate of drug-likeness (QED) is 0.935. The maximum absolute atomic E-state index is 11.8. The highest BCUT2D eigenvalue weighted by Crippen LogP contribution is 2.32. The molecule has 0 saturated heterocycles. The van der Waals surface area contributed by atoms with Crippen molar-refractivity contribution in [3.8, 4) is 5.75 Å². The molecule has 0 saturated carbocycles. The summed E-state index contributed by atoms with van der Waals surface area (Å²) < 4.78 is 7.49. The van der Waals surface area contributed by atoms with Crippen molar-refractivity contribution >= 4 is 5.97 Å². The summed E-state index contributed by atoms with van der Waals surface area (Å²) in [5.41, 5.74) is 2.61. The van der Waals surface area contributed by atoms with E-state index in [4.69, 9.17) is 4.74 Å². The summed E-state index contributed by atoms with van der Waals surface area (Å²) in [4.78, 5) is 13.7. The van der Waals surface area contributed by atoms with Crippen LogP contribution in [0.3, 0.4) is 0 Å². The third-order valence-corrected chi connectivity index (χ3v) is 3.98. The van der Waals surface area contributed by atoms with Gasteiger partial charge in [-0.2, -0.15) is 5.10 Å². The number of hydrogen-bond acceptors (Lipinski definition) is 4. The highest BCUT2D eigenvalue weighted by atomic mass is 16.5. The molecule has 3 rings (SSSR count). The van der Waals surface area contributed by atoms with Gasteiger partial charge >= 0.3 is 5.97 Å². The Morgan fingerprint density at radius 3 is 2.91 bits per heavy atom. The standard InChI is InChI=1S/C16H19N3O3/c1-11-9-12(17-18(11)2)10-19-7-8-22-14-6-4-3-5-13(14)15(19)16(20)21/h3-6,9,15H,7-8,10H2,1-2H3,(H,20,21). The molecule has 1 atom stereocenters. The Bertz CT molecular complexity index is 676. The van der Waals surface area contributed by atoms with Gasteiger partial charge in [-0.15, -0.1) is 0 Å². The monoisotopic (exact) mass is 301 g/mol. The van der Waals surface area contributed by atoms with Crippen LogP contribution in [0, 0.1) is 6.92 Å². The van der Waals surface area contributed by atoms with Gasteiger partial charge in [0.05, 0.1) is 5.69 Å². The van der Waals surface area contributed by atoms with Crippen molar-refractivity contribution in [2.75, 3.05) is 13.2 Å². The Morgan fingerprint density at radius 2 is 2.23 bits per heavy atom. The minimum atomic E-state index is -0.870. The first-order valence-corrected chi connectivity index (χ1v) is 7.24. The lowest BCUT2D eigenvalue weighted by molar-refractivity contribution is -0.143. The number of aliphatic carboxylic acids is 1. The molecular weight excluding hydrogens is 282 g/mol. The lowest BCUT2D eigenvalue weighted by Gasteiger charge is -2.25. The van der Waals surface area contributed by atoms with Gasteiger partial charge in [0.1, 0.15) is 18.4 Å². The minimum Gasteiger partial charge on any atom is -0.492 e. The summed E-state index contributed by atoms with van der Waals surface area (Å²) in [6.45, 7) is 3.47. The number of benzene rings is 1. The van der Waals surface area contributed by atoms with Gasteiger partial charge in [-0.05, 0) is 19.1 Å². The van der Waals surface area contributed by atoms with Crippen molar-refractivity contribution in [2.45, 2.75) is 19.5 Å². The summed E-state index contributed by atoms with van der Waals surface area (Å²) in [5, 5.41) is 14.1. The first-order chi connectivity index (χ1) is 10.6. The van der Waals surface area contributed by atoms with Crippen LogP contribution in [0.5, 0.6) is 5.75 Å². The predicted molar refractivity (Wildman–Crippen MR) is 80.7 cm³/mol. The molecule has 2 aromatic rings.